The summed E-state index contributed by atoms with van der Waals surface area (Å²) in [4.78, 5) is 2.69. The summed E-state index contributed by atoms with van der Waals surface area (Å²) in [6.07, 6.45) is 0. The molecule has 0 radical (unpaired) electrons. The lowest BCUT2D eigenvalue weighted by Crippen LogP contribution is -2.48. The first kappa shape index (κ1) is 18.0. The van der Waals surface area contributed by atoms with Crippen LogP contribution in [-0.4, -0.2) is 38.9 Å². The molecule has 0 aromatic heterocycles. The molecule has 3 rings (SSSR count). The maximum absolute atomic E-state index is 12.9. The molecule has 0 saturated carbocycles. The fourth-order valence-corrected chi connectivity index (χ4v) is 4.78. The smallest absolute Gasteiger partial charge is 0.243 e. The summed E-state index contributed by atoms with van der Waals surface area (Å²) in [7, 11) is -3.42. The van der Waals surface area contributed by atoms with E-state index in [-0.39, 0.29) is 0 Å². The fourth-order valence-electron chi connectivity index (χ4n) is 3.27. The first-order chi connectivity index (χ1) is 11.8. The van der Waals surface area contributed by atoms with Crippen LogP contribution in [0.25, 0.3) is 0 Å². The second-order valence-corrected chi connectivity index (χ2v) is 8.79. The average Bonchev–Trinajstić information content (AvgIpc) is 2.60. The van der Waals surface area contributed by atoms with Gasteiger partial charge in [0.15, 0.2) is 0 Å². The highest BCUT2D eigenvalue weighted by Gasteiger charge is 2.29. The Morgan fingerprint density at radius 2 is 1.48 bits per heavy atom. The highest BCUT2D eigenvalue weighted by Crippen LogP contribution is 2.26. The molecule has 0 N–H and O–H groups in total. The normalized spacial score (nSPS) is 16.2. The van der Waals surface area contributed by atoms with Gasteiger partial charge in [-0.15, -0.1) is 0 Å². The Bertz CT molecular complexity index is 883. The van der Waals surface area contributed by atoms with Crippen LogP contribution in [0.4, 0.5) is 5.69 Å². The van der Waals surface area contributed by atoms with Crippen molar-refractivity contribution < 1.29 is 8.42 Å². The van der Waals surface area contributed by atoms with Crippen LogP contribution in [0.1, 0.15) is 22.3 Å². The van der Waals surface area contributed by atoms with Gasteiger partial charge in [0.25, 0.3) is 0 Å². The maximum atomic E-state index is 12.9. The van der Waals surface area contributed by atoms with E-state index in [9.17, 15) is 8.42 Å². The largest absolute Gasteiger partial charge is 0.369 e. The van der Waals surface area contributed by atoms with Crippen LogP contribution in [0.3, 0.4) is 0 Å². The third-order valence-electron chi connectivity index (χ3n) is 5.27. The van der Waals surface area contributed by atoms with E-state index in [0.29, 0.717) is 31.1 Å². The van der Waals surface area contributed by atoms with E-state index in [1.165, 1.54) is 16.8 Å². The lowest BCUT2D eigenvalue weighted by molar-refractivity contribution is 0.384. The van der Waals surface area contributed by atoms with Crippen molar-refractivity contribution in [1.29, 1.82) is 0 Å². The molecule has 0 aliphatic carbocycles. The van der Waals surface area contributed by atoms with Gasteiger partial charge in [-0.3, -0.25) is 0 Å². The highest BCUT2D eigenvalue weighted by molar-refractivity contribution is 7.89. The van der Waals surface area contributed by atoms with Crippen LogP contribution in [0.5, 0.6) is 0 Å². The quantitative estimate of drug-likeness (QED) is 0.844. The standard InChI is InChI=1S/C20H26N2O2S/c1-15-8-9-19(14-17(15)3)25(23,24)22-12-10-21(11-13-22)20-7-5-6-16(2)18(20)4/h5-9,14H,10-13H2,1-4H3. The second kappa shape index (κ2) is 6.81. The van der Waals surface area contributed by atoms with E-state index in [2.05, 4.69) is 36.9 Å². The Kier molecular flexibility index (Phi) is 4.89. The Morgan fingerprint density at radius 3 is 2.12 bits per heavy atom. The summed E-state index contributed by atoms with van der Waals surface area (Å²) in [6, 6.07) is 11.7. The number of aryl methyl sites for hydroxylation is 3. The predicted octanol–water partition coefficient (Wildman–Crippen LogP) is 3.43. The van der Waals surface area contributed by atoms with Gasteiger partial charge in [-0.25, -0.2) is 8.42 Å². The number of benzene rings is 2. The molecular formula is C20H26N2O2S. The summed E-state index contributed by atoms with van der Waals surface area (Å²) in [5, 5.41) is 0. The van der Waals surface area contributed by atoms with Crippen molar-refractivity contribution in [3.8, 4) is 0 Å². The Hall–Kier alpha value is -1.85. The Balaban J connectivity index is 1.77. The van der Waals surface area contributed by atoms with E-state index < -0.39 is 10.0 Å². The highest BCUT2D eigenvalue weighted by atomic mass is 32.2. The predicted molar refractivity (Wildman–Crippen MR) is 103 cm³/mol. The first-order valence-corrected chi connectivity index (χ1v) is 10.1. The topological polar surface area (TPSA) is 40.6 Å². The third kappa shape index (κ3) is 3.44. The molecule has 0 spiro atoms. The SMILES string of the molecule is Cc1ccc(S(=O)(=O)N2CCN(c3cccc(C)c3C)CC2)cc1C. The van der Waals surface area contributed by atoms with E-state index in [0.717, 1.165) is 11.1 Å². The molecular weight excluding hydrogens is 332 g/mol. The Labute approximate surface area is 151 Å². The van der Waals surface area contributed by atoms with Crippen molar-refractivity contribution in [3.05, 3.63) is 58.7 Å². The molecule has 0 amide bonds. The van der Waals surface area contributed by atoms with E-state index in [4.69, 9.17) is 0 Å². The summed E-state index contributed by atoms with van der Waals surface area (Å²) < 4.78 is 27.5. The summed E-state index contributed by atoms with van der Waals surface area (Å²) in [5.74, 6) is 0. The molecule has 25 heavy (non-hydrogen) atoms. The molecule has 1 fully saturated rings. The summed E-state index contributed by atoms with van der Waals surface area (Å²) in [6.45, 7) is 10.7. The third-order valence-corrected chi connectivity index (χ3v) is 7.17. The van der Waals surface area contributed by atoms with Crippen molar-refractivity contribution in [3.63, 3.8) is 0 Å². The zero-order chi connectivity index (χ0) is 18.2. The van der Waals surface area contributed by atoms with Crippen LogP contribution in [-0.2, 0) is 10.0 Å². The molecule has 0 unspecified atom stereocenters. The minimum atomic E-state index is -3.42. The molecule has 4 nitrogen and oxygen atoms in total. The van der Waals surface area contributed by atoms with E-state index >= 15 is 0 Å². The molecule has 1 saturated heterocycles. The van der Waals surface area contributed by atoms with Gasteiger partial charge in [-0.1, -0.05) is 18.2 Å². The summed E-state index contributed by atoms with van der Waals surface area (Å²) in [5.41, 5.74) is 5.87. The molecule has 1 aliphatic rings. The van der Waals surface area contributed by atoms with Gasteiger partial charge in [0, 0.05) is 31.9 Å². The number of hydrogen-bond donors (Lipinski definition) is 0. The molecule has 2 aromatic rings. The molecule has 1 aliphatic heterocycles. The van der Waals surface area contributed by atoms with Gasteiger partial charge >= 0.3 is 0 Å². The second-order valence-electron chi connectivity index (χ2n) is 6.86. The van der Waals surface area contributed by atoms with Crippen LogP contribution in [0.15, 0.2) is 41.3 Å². The van der Waals surface area contributed by atoms with Crippen LogP contribution in [0, 0.1) is 27.7 Å². The van der Waals surface area contributed by atoms with Crippen molar-refractivity contribution in [1.82, 2.24) is 4.31 Å². The lowest BCUT2D eigenvalue weighted by atomic mass is 10.1. The molecule has 5 heteroatoms. The summed E-state index contributed by atoms with van der Waals surface area (Å²) >= 11 is 0. The van der Waals surface area contributed by atoms with Gasteiger partial charge in [-0.05, 0) is 68.1 Å². The van der Waals surface area contributed by atoms with Crippen molar-refractivity contribution in [2.24, 2.45) is 0 Å². The zero-order valence-corrected chi connectivity index (χ0v) is 16.2. The number of anilines is 1. The maximum Gasteiger partial charge on any atom is 0.243 e. The monoisotopic (exact) mass is 358 g/mol. The minimum absolute atomic E-state index is 0.399. The zero-order valence-electron chi connectivity index (χ0n) is 15.4. The van der Waals surface area contributed by atoms with Crippen LogP contribution >= 0.6 is 0 Å². The average molecular weight is 359 g/mol. The first-order valence-electron chi connectivity index (χ1n) is 8.69. The van der Waals surface area contributed by atoms with Crippen molar-refractivity contribution in [2.45, 2.75) is 32.6 Å². The van der Waals surface area contributed by atoms with Gasteiger partial charge in [0.05, 0.1) is 4.90 Å². The van der Waals surface area contributed by atoms with Crippen LogP contribution < -0.4 is 4.90 Å². The Morgan fingerprint density at radius 1 is 0.800 bits per heavy atom. The van der Waals surface area contributed by atoms with Gasteiger partial charge in [0.1, 0.15) is 0 Å². The van der Waals surface area contributed by atoms with Crippen LogP contribution in [0.2, 0.25) is 0 Å². The number of nitrogens with zero attached hydrogens (tertiary/aromatic N) is 2. The minimum Gasteiger partial charge on any atom is -0.369 e. The van der Waals surface area contributed by atoms with Gasteiger partial charge in [-0.2, -0.15) is 4.31 Å². The van der Waals surface area contributed by atoms with Crippen molar-refractivity contribution in [2.75, 3.05) is 31.1 Å². The molecule has 1 heterocycles. The van der Waals surface area contributed by atoms with Crippen molar-refractivity contribution >= 4 is 15.7 Å². The number of hydrogen-bond acceptors (Lipinski definition) is 3. The van der Waals surface area contributed by atoms with Gasteiger partial charge in [0.2, 0.25) is 10.0 Å². The lowest BCUT2D eigenvalue weighted by Gasteiger charge is -2.36. The molecule has 0 atom stereocenters. The molecule has 0 bridgehead atoms. The fraction of sp³-hybridized carbons (Fsp3) is 0.400. The van der Waals surface area contributed by atoms with E-state index in [1.807, 2.05) is 19.9 Å². The van der Waals surface area contributed by atoms with Gasteiger partial charge < -0.3 is 4.90 Å². The number of rotatable bonds is 3. The molecule has 2 aromatic carbocycles. The van der Waals surface area contributed by atoms with E-state index in [1.54, 1.807) is 16.4 Å². The number of sulfonamides is 1. The number of piperazine rings is 1. The molecule has 134 valence electrons.